The predicted octanol–water partition coefficient (Wildman–Crippen LogP) is 0.248. The minimum atomic E-state index is -4.87. The molecule has 12 nitrogen and oxygen atoms in total. The molecule has 3 amide bonds. The van der Waals surface area contributed by atoms with Crippen LogP contribution in [0.2, 0.25) is 0 Å². The molecule has 0 radical (unpaired) electrons. The number of amides is 3. The van der Waals surface area contributed by atoms with Gasteiger partial charge in [0.15, 0.2) is 11.6 Å². The van der Waals surface area contributed by atoms with Gasteiger partial charge in [-0.15, -0.1) is 0 Å². The third-order valence-corrected chi connectivity index (χ3v) is 6.06. The molecule has 3 rings (SSSR count). The van der Waals surface area contributed by atoms with Crippen molar-refractivity contribution in [3.63, 3.8) is 0 Å². The van der Waals surface area contributed by atoms with Crippen LogP contribution in [0.3, 0.4) is 0 Å². The zero-order valence-corrected chi connectivity index (χ0v) is 24.6. The van der Waals surface area contributed by atoms with Crippen LogP contribution in [-0.2, 0) is 20.4 Å². The number of rotatable bonds is 11. The van der Waals surface area contributed by atoms with Gasteiger partial charge in [-0.1, -0.05) is 36.4 Å². The Bertz CT molecular complexity index is 1370. The van der Waals surface area contributed by atoms with Crippen molar-refractivity contribution in [1.29, 1.82) is 0 Å². The van der Waals surface area contributed by atoms with E-state index in [1.165, 1.54) is 19.2 Å². The molecule has 0 fully saturated rings. The number of nitrogens with zero attached hydrogens (tertiary/aromatic N) is 2. The minimum Gasteiger partial charge on any atom is -1.00 e. The fourth-order valence-corrected chi connectivity index (χ4v) is 3.88. The number of phosphoric ester groups is 1. The Morgan fingerprint density at radius 2 is 1.82 bits per heavy atom. The zero-order chi connectivity index (χ0) is 28.6. The molecule has 2 aromatic carbocycles. The maximum atomic E-state index is 13.9. The van der Waals surface area contributed by atoms with Gasteiger partial charge in [-0.05, 0) is 23.9 Å². The Morgan fingerprint density at radius 1 is 1.12 bits per heavy atom. The summed E-state index contributed by atoms with van der Waals surface area (Å²) < 4.78 is 47.8. The van der Waals surface area contributed by atoms with Gasteiger partial charge in [-0.25, -0.2) is 27.9 Å². The standard InChI is InChI=1S/C24H27F2N4O8P.Na.H/c1-30(23(32)28-12-17-7-4-8-20(25)22(17)26)18(10-19(31)14-38-39(34,35)36)13-37-24(33)29-21-9-15-5-2-3-6-16(15)11-27-21;;/h2-9,11,18-19,31H,10,12-14H2,1H3,(H,28,32)(H,27,29,33)(H2,34,35,36);;/q;+1;-1/t18-,19-;;/m0../s1. The first-order chi connectivity index (χ1) is 18.4. The number of aliphatic hydroxyl groups excluding tert-OH is 1. The summed E-state index contributed by atoms with van der Waals surface area (Å²) >= 11 is 0. The second kappa shape index (κ2) is 15.4. The molecule has 0 aliphatic rings. The summed E-state index contributed by atoms with van der Waals surface area (Å²) in [6.45, 7) is -1.58. The monoisotopic (exact) mass is 592 g/mol. The van der Waals surface area contributed by atoms with Crippen LogP contribution in [0.25, 0.3) is 10.8 Å². The van der Waals surface area contributed by atoms with Crippen molar-refractivity contribution >= 4 is 36.5 Å². The number of halogens is 2. The van der Waals surface area contributed by atoms with Crippen molar-refractivity contribution in [3.8, 4) is 0 Å². The van der Waals surface area contributed by atoms with Gasteiger partial charge in [0, 0.05) is 30.7 Å². The molecular weight excluding hydrogens is 564 g/mol. The topological polar surface area (TPSA) is 171 Å². The van der Waals surface area contributed by atoms with Crippen LogP contribution in [0.1, 0.15) is 13.4 Å². The van der Waals surface area contributed by atoms with Crippen LogP contribution in [-0.4, -0.2) is 69.3 Å². The van der Waals surface area contributed by atoms with E-state index in [0.717, 1.165) is 21.7 Å². The van der Waals surface area contributed by atoms with Crippen LogP contribution in [0, 0.1) is 11.6 Å². The van der Waals surface area contributed by atoms with E-state index in [0.29, 0.717) is 0 Å². The fraction of sp³-hybridized carbons (Fsp3) is 0.292. The number of pyridine rings is 1. The molecule has 212 valence electrons. The first-order valence-corrected chi connectivity index (χ1v) is 13.1. The number of carbonyl (C=O) groups excluding carboxylic acids is 2. The number of ether oxygens (including phenoxy) is 1. The van der Waals surface area contributed by atoms with E-state index < -0.39 is 56.9 Å². The Hall–Kier alpha value is -2.68. The number of aromatic nitrogens is 1. The Balaban J connectivity index is 0.00000420. The summed E-state index contributed by atoms with van der Waals surface area (Å²) in [5.74, 6) is -2.00. The molecule has 2 atom stereocenters. The van der Waals surface area contributed by atoms with Gasteiger partial charge in [0.1, 0.15) is 12.4 Å². The zero-order valence-electron chi connectivity index (χ0n) is 22.7. The van der Waals surface area contributed by atoms with Crippen molar-refractivity contribution < 1.29 is 78.1 Å². The molecule has 0 aliphatic heterocycles. The van der Waals surface area contributed by atoms with Gasteiger partial charge in [-0.3, -0.25) is 9.84 Å². The number of anilines is 1. The fourth-order valence-electron chi connectivity index (χ4n) is 3.51. The van der Waals surface area contributed by atoms with E-state index in [9.17, 15) is 28.0 Å². The molecule has 40 heavy (non-hydrogen) atoms. The maximum Gasteiger partial charge on any atom is 1.00 e. The number of carbonyl (C=O) groups is 2. The number of hydrogen-bond donors (Lipinski definition) is 5. The van der Waals surface area contributed by atoms with Crippen LogP contribution in [0.5, 0.6) is 0 Å². The number of hydrogen-bond acceptors (Lipinski definition) is 7. The van der Waals surface area contributed by atoms with Crippen LogP contribution in [0.4, 0.5) is 24.2 Å². The van der Waals surface area contributed by atoms with Crippen molar-refractivity contribution in [2.45, 2.75) is 25.1 Å². The second-order valence-electron chi connectivity index (χ2n) is 8.45. The summed E-state index contributed by atoms with van der Waals surface area (Å²) in [6.07, 6.45) is -1.14. The number of fused-ring (bicyclic) bond motifs is 1. The SMILES string of the molecule is CN(C(=O)NCc1cccc(F)c1F)[C@H](COC(=O)Nc1cc2ccccc2cn1)C[C@H](O)COP(=O)(O)O.[H-].[Na+]. The van der Waals surface area contributed by atoms with E-state index in [-0.39, 0.29) is 55.3 Å². The number of phosphoric acid groups is 1. The third-order valence-electron chi connectivity index (χ3n) is 5.58. The molecular formula is C24H28F2N4NaO8P. The summed E-state index contributed by atoms with van der Waals surface area (Å²) in [4.78, 5) is 48.0. The second-order valence-corrected chi connectivity index (χ2v) is 9.69. The van der Waals surface area contributed by atoms with Crippen molar-refractivity contribution in [2.75, 3.05) is 25.6 Å². The van der Waals surface area contributed by atoms with Gasteiger partial charge in [0.05, 0.1) is 18.8 Å². The quantitative estimate of drug-likeness (QED) is 0.155. The van der Waals surface area contributed by atoms with Crippen molar-refractivity contribution in [2.24, 2.45) is 0 Å². The first kappa shape index (κ1) is 33.5. The van der Waals surface area contributed by atoms with Crippen LogP contribution in [0.15, 0.2) is 54.7 Å². The van der Waals surface area contributed by atoms with Gasteiger partial charge in [0.25, 0.3) is 0 Å². The molecule has 0 aliphatic carbocycles. The number of benzene rings is 2. The number of aliphatic hydroxyl groups is 1. The van der Waals surface area contributed by atoms with Crippen molar-refractivity contribution in [1.82, 2.24) is 15.2 Å². The molecule has 3 aromatic rings. The molecule has 1 aromatic heterocycles. The average molecular weight is 592 g/mol. The van der Waals surface area contributed by atoms with Crippen LogP contribution >= 0.6 is 7.82 Å². The summed E-state index contributed by atoms with van der Waals surface area (Å²) in [5, 5.41) is 16.7. The number of urea groups is 1. The summed E-state index contributed by atoms with van der Waals surface area (Å²) in [7, 11) is -3.57. The normalized spacial score (nSPS) is 12.7. The minimum absolute atomic E-state index is 0. The molecule has 16 heteroatoms. The Kier molecular flexibility index (Phi) is 12.9. The summed E-state index contributed by atoms with van der Waals surface area (Å²) in [6, 6.07) is 10.6. The van der Waals surface area contributed by atoms with E-state index in [2.05, 4.69) is 20.1 Å². The molecule has 0 saturated heterocycles. The largest absolute Gasteiger partial charge is 1.00 e. The smallest absolute Gasteiger partial charge is 1.00 e. The maximum absolute atomic E-state index is 13.9. The first-order valence-electron chi connectivity index (χ1n) is 11.5. The predicted molar refractivity (Wildman–Crippen MR) is 137 cm³/mol. The third kappa shape index (κ3) is 10.4. The summed E-state index contributed by atoms with van der Waals surface area (Å²) in [5.41, 5.74) is -0.109. The molecule has 1 heterocycles. The molecule has 5 N–H and O–H groups in total. The van der Waals surface area contributed by atoms with E-state index >= 15 is 0 Å². The van der Waals surface area contributed by atoms with Gasteiger partial charge in [0.2, 0.25) is 0 Å². The molecule has 0 spiro atoms. The number of nitrogens with one attached hydrogen (secondary N) is 2. The molecule has 0 bridgehead atoms. The van der Waals surface area contributed by atoms with Crippen LogP contribution < -0.4 is 40.2 Å². The van der Waals surface area contributed by atoms with Crippen molar-refractivity contribution in [3.05, 3.63) is 71.9 Å². The molecule has 0 saturated carbocycles. The van der Waals surface area contributed by atoms with Gasteiger partial charge < -0.3 is 31.3 Å². The van der Waals surface area contributed by atoms with E-state index in [1.54, 1.807) is 12.3 Å². The van der Waals surface area contributed by atoms with Gasteiger partial charge in [-0.2, -0.15) is 0 Å². The van der Waals surface area contributed by atoms with E-state index in [1.807, 2.05) is 24.3 Å². The Labute approximate surface area is 251 Å². The average Bonchev–Trinajstić information content (AvgIpc) is 2.89. The van der Waals surface area contributed by atoms with E-state index in [4.69, 9.17) is 14.5 Å². The van der Waals surface area contributed by atoms with Gasteiger partial charge >= 0.3 is 49.5 Å². The number of likely N-dealkylation sites (N-methyl/N-ethyl adjacent to an activating group) is 1. The molecule has 0 unspecified atom stereocenters. The Morgan fingerprint density at radius 3 is 2.52 bits per heavy atom.